The highest BCUT2D eigenvalue weighted by molar-refractivity contribution is 5.92. The Morgan fingerprint density at radius 3 is 2.77 bits per heavy atom. The number of ether oxygens (including phenoxy) is 3. The van der Waals surface area contributed by atoms with Crippen molar-refractivity contribution >= 4 is 12.0 Å². The average Bonchev–Trinajstić information content (AvgIpc) is 3.11. The normalized spacial score (nSPS) is 16.1. The van der Waals surface area contributed by atoms with E-state index in [2.05, 4.69) is 10.2 Å². The van der Waals surface area contributed by atoms with Crippen LogP contribution in [0.2, 0.25) is 0 Å². The predicted octanol–water partition coefficient (Wildman–Crippen LogP) is 3.85. The fraction of sp³-hybridized carbons (Fsp3) is 0.400. The lowest BCUT2D eigenvalue weighted by Gasteiger charge is -2.26. The van der Waals surface area contributed by atoms with Crippen molar-refractivity contribution in [2.24, 2.45) is 0 Å². The predicted molar refractivity (Wildman–Crippen MR) is 123 cm³/mol. The Labute approximate surface area is 184 Å². The third-order valence-corrected chi connectivity index (χ3v) is 5.33. The second-order valence-electron chi connectivity index (χ2n) is 7.86. The number of para-hydroxylation sites is 1. The first-order chi connectivity index (χ1) is 14.9. The lowest BCUT2D eigenvalue weighted by atomic mass is 10.0. The summed E-state index contributed by atoms with van der Waals surface area (Å²) >= 11 is 0. The Bertz CT molecular complexity index is 939. The summed E-state index contributed by atoms with van der Waals surface area (Å²) in [6, 6.07) is 11.8. The maximum Gasteiger partial charge on any atom is 0.244 e. The number of fused-ring (bicyclic) bond motifs is 1. The van der Waals surface area contributed by atoms with Gasteiger partial charge in [-0.1, -0.05) is 18.2 Å². The number of rotatable bonds is 9. The number of amides is 1. The van der Waals surface area contributed by atoms with E-state index in [1.54, 1.807) is 13.2 Å². The molecule has 1 heterocycles. The molecule has 1 aliphatic rings. The number of benzene rings is 2. The first kappa shape index (κ1) is 22.7. The fourth-order valence-electron chi connectivity index (χ4n) is 3.80. The Hall–Kier alpha value is -2.99. The SMILES string of the molecule is CCOc1cc2c(cc1C=CC(=O)NCC(c1ccccc1OC)N(C)C)OC(C)C2. The molecule has 0 spiro atoms. The lowest BCUT2D eigenvalue weighted by molar-refractivity contribution is -0.116. The molecule has 0 fully saturated rings. The molecule has 1 aliphatic heterocycles. The van der Waals surface area contributed by atoms with Gasteiger partial charge in [0.1, 0.15) is 23.4 Å². The largest absolute Gasteiger partial charge is 0.496 e. The number of likely N-dealkylation sites (N-methyl/N-ethyl adjacent to an activating group) is 1. The molecule has 0 aromatic heterocycles. The van der Waals surface area contributed by atoms with Gasteiger partial charge in [-0.2, -0.15) is 0 Å². The first-order valence-electron chi connectivity index (χ1n) is 10.6. The van der Waals surface area contributed by atoms with E-state index in [1.165, 1.54) is 6.08 Å². The second-order valence-corrected chi connectivity index (χ2v) is 7.86. The Balaban J connectivity index is 1.71. The van der Waals surface area contributed by atoms with Gasteiger partial charge >= 0.3 is 0 Å². The monoisotopic (exact) mass is 424 g/mol. The van der Waals surface area contributed by atoms with Crippen molar-refractivity contribution in [3.05, 3.63) is 59.2 Å². The van der Waals surface area contributed by atoms with Gasteiger partial charge in [-0.25, -0.2) is 0 Å². The minimum atomic E-state index is -0.168. The van der Waals surface area contributed by atoms with Gasteiger partial charge in [0.2, 0.25) is 5.91 Å². The molecule has 2 aromatic rings. The molecule has 0 radical (unpaired) electrons. The summed E-state index contributed by atoms with van der Waals surface area (Å²) in [6.07, 6.45) is 4.34. The molecule has 6 heteroatoms. The molecule has 0 saturated heterocycles. The Morgan fingerprint density at radius 1 is 1.29 bits per heavy atom. The average molecular weight is 425 g/mol. The molecule has 0 bridgehead atoms. The summed E-state index contributed by atoms with van der Waals surface area (Å²) in [5.41, 5.74) is 3.00. The van der Waals surface area contributed by atoms with Crippen molar-refractivity contribution in [3.8, 4) is 17.2 Å². The zero-order chi connectivity index (χ0) is 22.4. The van der Waals surface area contributed by atoms with E-state index in [9.17, 15) is 4.79 Å². The van der Waals surface area contributed by atoms with Crippen LogP contribution >= 0.6 is 0 Å². The van der Waals surface area contributed by atoms with E-state index in [0.29, 0.717) is 13.2 Å². The van der Waals surface area contributed by atoms with E-state index < -0.39 is 0 Å². The molecule has 2 atom stereocenters. The van der Waals surface area contributed by atoms with Crippen molar-refractivity contribution < 1.29 is 19.0 Å². The van der Waals surface area contributed by atoms with Crippen molar-refractivity contribution in [2.45, 2.75) is 32.4 Å². The Morgan fingerprint density at radius 2 is 2.06 bits per heavy atom. The lowest BCUT2D eigenvalue weighted by Crippen LogP contribution is -2.33. The van der Waals surface area contributed by atoms with Gasteiger partial charge in [-0.05, 0) is 52.2 Å². The minimum absolute atomic E-state index is 0.0117. The highest BCUT2D eigenvalue weighted by Crippen LogP contribution is 2.35. The van der Waals surface area contributed by atoms with Crippen molar-refractivity contribution in [1.82, 2.24) is 10.2 Å². The second kappa shape index (κ2) is 10.4. The van der Waals surface area contributed by atoms with Gasteiger partial charge in [0.05, 0.1) is 19.8 Å². The van der Waals surface area contributed by atoms with E-state index in [0.717, 1.165) is 40.4 Å². The zero-order valence-corrected chi connectivity index (χ0v) is 19.0. The minimum Gasteiger partial charge on any atom is -0.496 e. The number of hydrogen-bond acceptors (Lipinski definition) is 5. The molecule has 1 amide bonds. The van der Waals surface area contributed by atoms with Gasteiger partial charge in [-0.3, -0.25) is 4.79 Å². The molecule has 0 saturated carbocycles. The summed E-state index contributed by atoms with van der Waals surface area (Å²) < 4.78 is 17.1. The molecule has 6 nitrogen and oxygen atoms in total. The van der Waals surface area contributed by atoms with Gasteiger partial charge < -0.3 is 24.4 Å². The van der Waals surface area contributed by atoms with Crippen LogP contribution in [0.15, 0.2) is 42.5 Å². The van der Waals surface area contributed by atoms with E-state index in [4.69, 9.17) is 14.2 Å². The number of carbonyl (C=O) groups excluding carboxylic acids is 1. The van der Waals surface area contributed by atoms with Crippen LogP contribution in [-0.4, -0.2) is 51.3 Å². The smallest absolute Gasteiger partial charge is 0.244 e. The highest BCUT2D eigenvalue weighted by atomic mass is 16.5. The van der Waals surface area contributed by atoms with Gasteiger partial charge in [-0.15, -0.1) is 0 Å². The maximum atomic E-state index is 12.6. The van der Waals surface area contributed by atoms with Crippen molar-refractivity contribution in [3.63, 3.8) is 0 Å². The molecular formula is C25H32N2O4. The third kappa shape index (κ3) is 5.58. The summed E-state index contributed by atoms with van der Waals surface area (Å²) in [7, 11) is 5.63. The number of methoxy groups -OCH3 is 1. The molecule has 166 valence electrons. The summed E-state index contributed by atoms with van der Waals surface area (Å²) in [6.45, 7) is 5.02. The van der Waals surface area contributed by atoms with Crippen LogP contribution < -0.4 is 19.5 Å². The third-order valence-electron chi connectivity index (χ3n) is 5.33. The first-order valence-corrected chi connectivity index (χ1v) is 10.6. The summed E-state index contributed by atoms with van der Waals surface area (Å²) in [4.78, 5) is 14.6. The van der Waals surface area contributed by atoms with E-state index in [1.807, 2.05) is 64.3 Å². The fourth-order valence-corrected chi connectivity index (χ4v) is 3.80. The van der Waals surface area contributed by atoms with Crippen LogP contribution in [0.25, 0.3) is 6.08 Å². The van der Waals surface area contributed by atoms with Crippen molar-refractivity contribution in [2.75, 3.05) is 34.4 Å². The van der Waals surface area contributed by atoms with E-state index in [-0.39, 0.29) is 18.1 Å². The Kier molecular flexibility index (Phi) is 7.58. The molecular weight excluding hydrogens is 392 g/mol. The molecule has 3 rings (SSSR count). The standard InChI is InChI=1S/C25H32N2O4/c1-6-30-23-15-19-13-17(2)31-24(19)14-18(23)11-12-25(28)26-16-21(27(3)4)20-9-7-8-10-22(20)29-5/h7-12,14-15,17,21H,6,13,16H2,1-5H3,(H,26,28). The molecule has 31 heavy (non-hydrogen) atoms. The summed E-state index contributed by atoms with van der Waals surface area (Å²) in [5.74, 6) is 2.27. The van der Waals surface area contributed by atoms with Crippen LogP contribution in [0, 0.1) is 0 Å². The van der Waals surface area contributed by atoms with Gasteiger partial charge in [0.25, 0.3) is 0 Å². The molecule has 2 aromatic carbocycles. The maximum absolute atomic E-state index is 12.6. The van der Waals surface area contributed by atoms with Crippen LogP contribution in [0.4, 0.5) is 0 Å². The molecule has 0 aliphatic carbocycles. The van der Waals surface area contributed by atoms with Gasteiger partial charge in [0, 0.05) is 35.7 Å². The van der Waals surface area contributed by atoms with Crippen LogP contribution in [0.3, 0.4) is 0 Å². The van der Waals surface area contributed by atoms with Gasteiger partial charge in [0.15, 0.2) is 0 Å². The zero-order valence-electron chi connectivity index (χ0n) is 19.0. The van der Waals surface area contributed by atoms with Crippen molar-refractivity contribution in [1.29, 1.82) is 0 Å². The number of hydrogen-bond donors (Lipinski definition) is 1. The number of nitrogens with zero attached hydrogens (tertiary/aromatic N) is 1. The highest BCUT2D eigenvalue weighted by Gasteiger charge is 2.22. The number of carbonyl (C=O) groups is 1. The van der Waals surface area contributed by atoms with Crippen LogP contribution in [0.1, 0.15) is 36.6 Å². The van der Waals surface area contributed by atoms with E-state index >= 15 is 0 Å². The number of nitrogens with one attached hydrogen (secondary N) is 1. The molecule has 1 N–H and O–H groups in total. The topological polar surface area (TPSA) is 60.0 Å². The molecule has 2 unspecified atom stereocenters. The van der Waals surface area contributed by atoms with Crippen LogP contribution in [0.5, 0.6) is 17.2 Å². The van der Waals surface area contributed by atoms with Crippen LogP contribution in [-0.2, 0) is 11.2 Å². The quantitative estimate of drug-likeness (QED) is 0.620. The summed E-state index contributed by atoms with van der Waals surface area (Å²) in [5, 5.41) is 3.00.